The fourth-order valence-corrected chi connectivity index (χ4v) is 1.90. The van der Waals surface area contributed by atoms with E-state index in [0.717, 1.165) is 17.1 Å². The molecule has 0 amide bonds. The zero-order valence-electron chi connectivity index (χ0n) is 11.4. The fraction of sp³-hybridized carbons (Fsp3) is 0.0625. The monoisotopic (exact) mass is 280 g/mol. The average molecular weight is 280 g/mol. The SMILES string of the molecule is Cc1cccc(-c2nccc(Nc3ccc(F)cc3)n2)n1. The predicted molar refractivity (Wildman–Crippen MR) is 79.7 cm³/mol. The Bertz CT molecular complexity index is 756. The highest BCUT2D eigenvalue weighted by molar-refractivity contribution is 5.58. The summed E-state index contributed by atoms with van der Waals surface area (Å²) in [5.74, 6) is 0.911. The first-order chi connectivity index (χ1) is 10.2. The maximum absolute atomic E-state index is 12.9. The molecule has 4 nitrogen and oxygen atoms in total. The number of hydrogen-bond acceptors (Lipinski definition) is 4. The molecule has 0 aliphatic carbocycles. The van der Waals surface area contributed by atoms with Crippen molar-refractivity contribution in [3.8, 4) is 11.5 Å². The van der Waals surface area contributed by atoms with Crippen LogP contribution in [0.2, 0.25) is 0 Å². The summed E-state index contributed by atoms with van der Waals surface area (Å²) in [6.07, 6.45) is 1.66. The van der Waals surface area contributed by atoms with Crippen molar-refractivity contribution in [2.45, 2.75) is 6.92 Å². The van der Waals surface area contributed by atoms with Crippen LogP contribution in [0.3, 0.4) is 0 Å². The van der Waals surface area contributed by atoms with Crippen LogP contribution in [-0.4, -0.2) is 15.0 Å². The van der Waals surface area contributed by atoms with Gasteiger partial charge in [0.15, 0.2) is 5.82 Å². The molecular weight excluding hydrogens is 267 g/mol. The Kier molecular flexibility index (Phi) is 3.55. The van der Waals surface area contributed by atoms with Crippen molar-refractivity contribution >= 4 is 11.5 Å². The molecule has 21 heavy (non-hydrogen) atoms. The summed E-state index contributed by atoms with van der Waals surface area (Å²) >= 11 is 0. The van der Waals surface area contributed by atoms with Gasteiger partial charge in [-0.1, -0.05) is 6.07 Å². The molecule has 2 aromatic heterocycles. The van der Waals surface area contributed by atoms with E-state index in [0.29, 0.717) is 11.6 Å². The van der Waals surface area contributed by atoms with Crippen molar-refractivity contribution < 1.29 is 4.39 Å². The normalized spacial score (nSPS) is 10.4. The van der Waals surface area contributed by atoms with Crippen molar-refractivity contribution in [1.29, 1.82) is 0 Å². The third-order valence-electron chi connectivity index (χ3n) is 2.89. The van der Waals surface area contributed by atoms with Gasteiger partial charge in [0.05, 0.1) is 0 Å². The molecule has 0 fully saturated rings. The first-order valence-corrected chi connectivity index (χ1v) is 6.50. The van der Waals surface area contributed by atoms with E-state index in [9.17, 15) is 4.39 Å². The molecule has 0 unspecified atom stereocenters. The fourth-order valence-electron chi connectivity index (χ4n) is 1.90. The number of pyridine rings is 1. The van der Waals surface area contributed by atoms with Gasteiger partial charge in [0.1, 0.15) is 17.3 Å². The number of rotatable bonds is 3. The van der Waals surface area contributed by atoms with E-state index >= 15 is 0 Å². The van der Waals surface area contributed by atoms with Gasteiger partial charge in [-0.2, -0.15) is 0 Å². The molecule has 5 heteroatoms. The summed E-state index contributed by atoms with van der Waals surface area (Å²) in [4.78, 5) is 13.1. The smallest absolute Gasteiger partial charge is 0.180 e. The maximum atomic E-state index is 12.9. The molecule has 0 radical (unpaired) electrons. The van der Waals surface area contributed by atoms with Gasteiger partial charge in [-0.05, 0) is 49.4 Å². The quantitative estimate of drug-likeness (QED) is 0.794. The van der Waals surface area contributed by atoms with Crippen LogP contribution < -0.4 is 5.32 Å². The topological polar surface area (TPSA) is 50.7 Å². The molecule has 2 heterocycles. The Hall–Kier alpha value is -2.82. The highest BCUT2D eigenvalue weighted by Crippen LogP contribution is 2.18. The molecule has 1 N–H and O–H groups in total. The molecular formula is C16H13FN4. The minimum Gasteiger partial charge on any atom is -0.340 e. The van der Waals surface area contributed by atoms with Gasteiger partial charge in [0, 0.05) is 17.6 Å². The number of halogens is 1. The summed E-state index contributed by atoms with van der Waals surface area (Å²) in [6, 6.07) is 13.6. The number of anilines is 2. The molecule has 0 aliphatic heterocycles. The summed E-state index contributed by atoms with van der Waals surface area (Å²) in [5.41, 5.74) is 2.39. The lowest BCUT2D eigenvalue weighted by atomic mass is 10.3. The van der Waals surface area contributed by atoms with Crippen molar-refractivity contribution in [2.24, 2.45) is 0 Å². The van der Waals surface area contributed by atoms with Crippen LogP contribution in [0.25, 0.3) is 11.5 Å². The lowest BCUT2D eigenvalue weighted by Crippen LogP contribution is -1.98. The van der Waals surface area contributed by atoms with E-state index in [1.807, 2.05) is 25.1 Å². The largest absolute Gasteiger partial charge is 0.340 e. The molecule has 3 aromatic rings. The van der Waals surface area contributed by atoms with E-state index in [-0.39, 0.29) is 5.82 Å². The second kappa shape index (κ2) is 5.66. The summed E-state index contributed by atoms with van der Waals surface area (Å²) in [7, 11) is 0. The standard InChI is InChI=1S/C16H13FN4/c1-11-3-2-4-14(19-11)16-18-10-9-15(21-16)20-13-7-5-12(17)6-8-13/h2-10H,1H3,(H,18,20,21). The zero-order valence-corrected chi connectivity index (χ0v) is 11.4. The lowest BCUT2D eigenvalue weighted by molar-refractivity contribution is 0.628. The van der Waals surface area contributed by atoms with E-state index in [4.69, 9.17) is 0 Å². The zero-order chi connectivity index (χ0) is 14.7. The molecule has 1 aromatic carbocycles. The van der Waals surface area contributed by atoms with E-state index in [1.165, 1.54) is 12.1 Å². The van der Waals surface area contributed by atoms with Crippen molar-refractivity contribution in [3.05, 3.63) is 66.2 Å². The van der Waals surface area contributed by atoms with E-state index in [1.54, 1.807) is 24.4 Å². The summed E-state index contributed by atoms with van der Waals surface area (Å²) in [6.45, 7) is 1.92. The number of benzene rings is 1. The van der Waals surface area contributed by atoms with E-state index in [2.05, 4.69) is 20.3 Å². The Labute approximate surface area is 121 Å². The Morgan fingerprint density at radius 3 is 2.52 bits per heavy atom. The Morgan fingerprint density at radius 2 is 1.76 bits per heavy atom. The van der Waals surface area contributed by atoms with Gasteiger partial charge >= 0.3 is 0 Å². The van der Waals surface area contributed by atoms with Crippen LogP contribution in [0.15, 0.2) is 54.7 Å². The van der Waals surface area contributed by atoms with Crippen molar-refractivity contribution in [3.63, 3.8) is 0 Å². The molecule has 0 atom stereocenters. The summed E-state index contributed by atoms with van der Waals surface area (Å²) < 4.78 is 12.9. The van der Waals surface area contributed by atoms with Crippen molar-refractivity contribution in [2.75, 3.05) is 5.32 Å². The van der Waals surface area contributed by atoms with Crippen LogP contribution in [0.1, 0.15) is 5.69 Å². The molecule has 0 saturated heterocycles. The number of nitrogens with zero attached hydrogens (tertiary/aromatic N) is 3. The van der Waals surface area contributed by atoms with Gasteiger partial charge < -0.3 is 5.32 Å². The highest BCUT2D eigenvalue weighted by atomic mass is 19.1. The van der Waals surface area contributed by atoms with Gasteiger partial charge in [0.25, 0.3) is 0 Å². The Balaban J connectivity index is 1.88. The molecule has 0 saturated carbocycles. The number of aryl methyl sites for hydroxylation is 1. The highest BCUT2D eigenvalue weighted by Gasteiger charge is 2.04. The third kappa shape index (κ3) is 3.20. The van der Waals surface area contributed by atoms with Crippen molar-refractivity contribution in [1.82, 2.24) is 15.0 Å². The van der Waals surface area contributed by atoms with Crippen LogP contribution in [0.4, 0.5) is 15.9 Å². The maximum Gasteiger partial charge on any atom is 0.180 e. The second-order valence-corrected chi connectivity index (χ2v) is 4.56. The van der Waals surface area contributed by atoms with Crippen LogP contribution in [0, 0.1) is 12.7 Å². The van der Waals surface area contributed by atoms with Gasteiger partial charge in [0.2, 0.25) is 0 Å². The average Bonchev–Trinajstić information content (AvgIpc) is 2.50. The second-order valence-electron chi connectivity index (χ2n) is 4.56. The van der Waals surface area contributed by atoms with Gasteiger partial charge in [-0.25, -0.2) is 19.3 Å². The molecule has 0 aliphatic rings. The Morgan fingerprint density at radius 1 is 0.952 bits per heavy atom. The third-order valence-corrected chi connectivity index (χ3v) is 2.89. The number of nitrogens with one attached hydrogen (secondary N) is 1. The lowest BCUT2D eigenvalue weighted by Gasteiger charge is -2.07. The number of aromatic nitrogens is 3. The first-order valence-electron chi connectivity index (χ1n) is 6.50. The summed E-state index contributed by atoms with van der Waals surface area (Å²) in [5, 5.41) is 3.11. The van der Waals surface area contributed by atoms with Crippen LogP contribution >= 0.6 is 0 Å². The molecule has 0 bridgehead atoms. The number of hydrogen-bond donors (Lipinski definition) is 1. The molecule has 3 rings (SSSR count). The molecule has 0 spiro atoms. The predicted octanol–water partition coefficient (Wildman–Crippen LogP) is 3.73. The molecule has 104 valence electrons. The minimum absolute atomic E-state index is 0.270. The van der Waals surface area contributed by atoms with Crippen LogP contribution in [-0.2, 0) is 0 Å². The minimum atomic E-state index is -0.270. The first kappa shape index (κ1) is 13.2. The van der Waals surface area contributed by atoms with Gasteiger partial charge in [-0.15, -0.1) is 0 Å². The van der Waals surface area contributed by atoms with Gasteiger partial charge in [-0.3, -0.25) is 0 Å². The van der Waals surface area contributed by atoms with E-state index < -0.39 is 0 Å². The van der Waals surface area contributed by atoms with Crippen LogP contribution in [0.5, 0.6) is 0 Å².